The highest BCUT2D eigenvalue weighted by Crippen LogP contribution is 2.24. The van der Waals surface area contributed by atoms with Crippen LogP contribution in [-0.4, -0.2) is 25.4 Å². The van der Waals surface area contributed by atoms with Crippen LogP contribution in [0.2, 0.25) is 0 Å². The average Bonchev–Trinajstić information content (AvgIpc) is 2.81. The van der Waals surface area contributed by atoms with Crippen molar-refractivity contribution in [3.63, 3.8) is 0 Å². The molecule has 3 heteroatoms. The Kier molecular flexibility index (Phi) is 4.25. The number of hydrogen-bond acceptors (Lipinski definition) is 3. The Balaban J connectivity index is 1.92. The van der Waals surface area contributed by atoms with Crippen LogP contribution in [0.4, 0.5) is 0 Å². The first-order valence-electron chi connectivity index (χ1n) is 6.62. The molecule has 1 aromatic carbocycles. The molecule has 2 atom stereocenters. The fourth-order valence-electron chi connectivity index (χ4n) is 2.61. The maximum absolute atomic E-state index is 6.39. The standard InChI is InChI=1S/C15H23NO2/c1-15(16,11-14-4-3-9-18-14)10-12-5-7-13(17-2)8-6-12/h5-8,14H,3-4,9-11,16H2,1-2H3. The van der Waals surface area contributed by atoms with Crippen molar-refractivity contribution < 1.29 is 9.47 Å². The fraction of sp³-hybridized carbons (Fsp3) is 0.600. The van der Waals surface area contributed by atoms with E-state index in [0.717, 1.165) is 31.6 Å². The Morgan fingerprint density at radius 3 is 2.67 bits per heavy atom. The topological polar surface area (TPSA) is 44.5 Å². The number of ether oxygens (including phenoxy) is 2. The first kappa shape index (κ1) is 13.4. The zero-order valence-corrected chi connectivity index (χ0v) is 11.3. The Bertz CT molecular complexity index is 367. The van der Waals surface area contributed by atoms with E-state index in [1.807, 2.05) is 12.1 Å². The smallest absolute Gasteiger partial charge is 0.118 e. The van der Waals surface area contributed by atoms with Gasteiger partial charge in [0.05, 0.1) is 13.2 Å². The third kappa shape index (κ3) is 3.72. The zero-order valence-electron chi connectivity index (χ0n) is 11.3. The summed E-state index contributed by atoms with van der Waals surface area (Å²) in [6.45, 7) is 3.00. The molecule has 0 radical (unpaired) electrons. The van der Waals surface area contributed by atoms with Gasteiger partial charge >= 0.3 is 0 Å². The molecule has 0 amide bonds. The molecule has 100 valence electrons. The molecule has 2 N–H and O–H groups in total. The highest BCUT2D eigenvalue weighted by molar-refractivity contribution is 5.28. The lowest BCUT2D eigenvalue weighted by atomic mass is 9.87. The van der Waals surface area contributed by atoms with Crippen LogP contribution in [0.5, 0.6) is 5.75 Å². The summed E-state index contributed by atoms with van der Waals surface area (Å²) in [7, 11) is 1.68. The Morgan fingerprint density at radius 1 is 1.39 bits per heavy atom. The predicted octanol–water partition coefficient (Wildman–Crippen LogP) is 2.52. The van der Waals surface area contributed by atoms with E-state index in [9.17, 15) is 0 Å². The minimum atomic E-state index is -0.205. The van der Waals surface area contributed by atoms with E-state index in [1.54, 1.807) is 7.11 Å². The normalized spacial score (nSPS) is 22.7. The number of rotatable bonds is 5. The Labute approximate surface area is 109 Å². The summed E-state index contributed by atoms with van der Waals surface area (Å²) in [5.74, 6) is 0.886. The largest absolute Gasteiger partial charge is 0.497 e. The maximum atomic E-state index is 6.39. The summed E-state index contributed by atoms with van der Waals surface area (Å²) in [5, 5.41) is 0. The highest BCUT2D eigenvalue weighted by Gasteiger charge is 2.26. The van der Waals surface area contributed by atoms with E-state index >= 15 is 0 Å². The van der Waals surface area contributed by atoms with Gasteiger partial charge in [-0.25, -0.2) is 0 Å². The Morgan fingerprint density at radius 2 is 2.11 bits per heavy atom. The van der Waals surface area contributed by atoms with E-state index in [-0.39, 0.29) is 5.54 Å². The first-order valence-corrected chi connectivity index (χ1v) is 6.62. The van der Waals surface area contributed by atoms with Gasteiger partial charge in [-0.15, -0.1) is 0 Å². The second kappa shape index (κ2) is 5.72. The summed E-state index contributed by atoms with van der Waals surface area (Å²) in [5.41, 5.74) is 7.43. The fourth-order valence-corrected chi connectivity index (χ4v) is 2.61. The molecule has 1 aliphatic heterocycles. The predicted molar refractivity (Wildman–Crippen MR) is 72.9 cm³/mol. The van der Waals surface area contributed by atoms with Gasteiger partial charge in [0.25, 0.3) is 0 Å². The van der Waals surface area contributed by atoms with Crippen LogP contribution in [0.3, 0.4) is 0 Å². The first-order chi connectivity index (χ1) is 8.59. The van der Waals surface area contributed by atoms with Gasteiger partial charge in [0, 0.05) is 12.1 Å². The molecule has 0 spiro atoms. The molecule has 0 aliphatic carbocycles. The molecule has 1 saturated heterocycles. The zero-order chi connectivity index (χ0) is 13.0. The average molecular weight is 249 g/mol. The van der Waals surface area contributed by atoms with Crippen molar-refractivity contribution in [2.75, 3.05) is 13.7 Å². The lowest BCUT2D eigenvalue weighted by Gasteiger charge is -2.27. The van der Waals surface area contributed by atoms with Crippen LogP contribution in [0.1, 0.15) is 31.7 Å². The lowest BCUT2D eigenvalue weighted by molar-refractivity contribution is 0.0859. The molecule has 0 bridgehead atoms. The van der Waals surface area contributed by atoms with Crippen molar-refractivity contribution >= 4 is 0 Å². The van der Waals surface area contributed by atoms with E-state index < -0.39 is 0 Å². The molecule has 1 heterocycles. The van der Waals surface area contributed by atoms with E-state index in [4.69, 9.17) is 15.2 Å². The minimum absolute atomic E-state index is 0.205. The van der Waals surface area contributed by atoms with Crippen LogP contribution < -0.4 is 10.5 Å². The number of benzene rings is 1. The molecule has 1 fully saturated rings. The Hall–Kier alpha value is -1.06. The van der Waals surface area contributed by atoms with Gasteiger partial charge in [-0.1, -0.05) is 12.1 Å². The lowest BCUT2D eigenvalue weighted by Crippen LogP contribution is -2.41. The number of methoxy groups -OCH3 is 1. The summed E-state index contributed by atoms with van der Waals surface area (Å²) in [4.78, 5) is 0. The molecule has 0 saturated carbocycles. The van der Waals surface area contributed by atoms with Gasteiger partial charge in [-0.05, 0) is 50.3 Å². The molecule has 1 aromatic rings. The molecular formula is C15H23NO2. The second-order valence-corrected chi connectivity index (χ2v) is 5.52. The second-order valence-electron chi connectivity index (χ2n) is 5.52. The molecule has 3 nitrogen and oxygen atoms in total. The number of nitrogens with two attached hydrogens (primary N) is 1. The summed E-state index contributed by atoms with van der Waals surface area (Å²) in [6.07, 6.45) is 4.47. The van der Waals surface area contributed by atoms with Crippen molar-refractivity contribution in [3.8, 4) is 5.75 Å². The highest BCUT2D eigenvalue weighted by atomic mass is 16.5. The SMILES string of the molecule is COc1ccc(CC(C)(N)CC2CCCO2)cc1. The van der Waals surface area contributed by atoms with Gasteiger partial charge < -0.3 is 15.2 Å². The van der Waals surface area contributed by atoms with Crippen molar-refractivity contribution in [1.82, 2.24) is 0 Å². The third-order valence-electron chi connectivity index (χ3n) is 3.48. The molecule has 18 heavy (non-hydrogen) atoms. The van der Waals surface area contributed by atoms with E-state index in [0.29, 0.717) is 6.10 Å². The van der Waals surface area contributed by atoms with Gasteiger partial charge in [-0.2, -0.15) is 0 Å². The summed E-state index contributed by atoms with van der Waals surface area (Å²) >= 11 is 0. The molecule has 0 aromatic heterocycles. The minimum Gasteiger partial charge on any atom is -0.497 e. The van der Waals surface area contributed by atoms with Crippen LogP contribution in [0.25, 0.3) is 0 Å². The van der Waals surface area contributed by atoms with Crippen LogP contribution in [0, 0.1) is 0 Å². The quantitative estimate of drug-likeness (QED) is 0.872. The van der Waals surface area contributed by atoms with Crippen molar-refractivity contribution in [2.45, 2.75) is 44.2 Å². The van der Waals surface area contributed by atoms with Crippen molar-refractivity contribution in [1.29, 1.82) is 0 Å². The molecule has 2 unspecified atom stereocenters. The van der Waals surface area contributed by atoms with Crippen LogP contribution in [0.15, 0.2) is 24.3 Å². The van der Waals surface area contributed by atoms with E-state index in [1.165, 1.54) is 12.0 Å². The molecule has 2 rings (SSSR count). The van der Waals surface area contributed by atoms with Crippen LogP contribution in [-0.2, 0) is 11.2 Å². The maximum Gasteiger partial charge on any atom is 0.118 e. The summed E-state index contributed by atoms with van der Waals surface area (Å²) in [6, 6.07) is 8.13. The van der Waals surface area contributed by atoms with Gasteiger partial charge in [-0.3, -0.25) is 0 Å². The number of hydrogen-bond donors (Lipinski definition) is 1. The van der Waals surface area contributed by atoms with Gasteiger partial charge in [0.1, 0.15) is 5.75 Å². The van der Waals surface area contributed by atoms with Gasteiger partial charge in [0.15, 0.2) is 0 Å². The third-order valence-corrected chi connectivity index (χ3v) is 3.48. The molecule has 1 aliphatic rings. The van der Waals surface area contributed by atoms with Gasteiger partial charge in [0.2, 0.25) is 0 Å². The van der Waals surface area contributed by atoms with Crippen molar-refractivity contribution in [2.24, 2.45) is 5.73 Å². The monoisotopic (exact) mass is 249 g/mol. The summed E-state index contributed by atoms with van der Waals surface area (Å²) < 4.78 is 10.8. The molecular weight excluding hydrogens is 226 g/mol. The van der Waals surface area contributed by atoms with E-state index in [2.05, 4.69) is 19.1 Å². The van der Waals surface area contributed by atoms with Crippen molar-refractivity contribution in [3.05, 3.63) is 29.8 Å². The van der Waals surface area contributed by atoms with Crippen LogP contribution >= 0.6 is 0 Å².